The molecule has 2 heterocycles. The maximum absolute atomic E-state index is 4.68. The third-order valence-electron chi connectivity index (χ3n) is 6.55. The minimum atomic E-state index is -1.01. The molecule has 1 unspecified atom stereocenters. The molecule has 4 nitrogen and oxygen atoms in total. The van der Waals surface area contributed by atoms with E-state index in [0.717, 1.165) is 23.5 Å². The fourth-order valence-corrected chi connectivity index (χ4v) is 7.30. The zero-order valence-electron chi connectivity index (χ0n) is 22.0. The number of hydrogen-bond donors (Lipinski definition) is 0. The summed E-state index contributed by atoms with van der Waals surface area (Å²) >= 11 is 0. The summed E-state index contributed by atoms with van der Waals surface area (Å²) in [5.41, 5.74) is 10.5. The normalized spacial score (nSPS) is 11.6. The Morgan fingerprint density at radius 2 is 1.18 bits per heavy atom. The zero-order valence-corrected chi connectivity index (χ0v) is 24.1. The smallest absolute Gasteiger partial charge is 0.158 e. The van der Waals surface area contributed by atoms with Crippen LogP contribution in [0.1, 0.15) is 37.5 Å². The van der Waals surface area contributed by atoms with Crippen molar-refractivity contribution in [1.82, 2.24) is 19.9 Å². The molecule has 0 radical (unpaired) electrons. The second-order valence-electron chi connectivity index (χ2n) is 10.2. The Hall–Kier alpha value is -3.32. The number of hydrogen-bond acceptors (Lipinski definition) is 4. The van der Waals surface area contributed by atoms with Crippen molar-refractivity contribution in [2.45, 2.75) is 38.5 Å². The summed E-state index contributed by atoms with van der Waals surface area (Å²) in [6, 6.07) is 27.6. The average molecular weight is 535 g/mol. The van der Waals surface area contributed by atoms with E-state index in [2.05, 4.69) is 117 Å². The van der Waals surface area contributed by atoms with Gasteiger partial charge in [-0.25, -0.2) is 19.9 Å². The molecule has 38 heavy (non-hydrogen) atoms. The van der Waals surface area contributed by atoms with Gasteiger partial charge in [-0.3, -0.25) is 0 Å². The lowest BCUT2D eigenvalue weighted by Crippen LogP contribution is -2.25. The van der Waals surface area contributed by atoms with E-state index < -0.39 is 7.92 Å². The van der Waals surface area contributed by atoms with Crippen LogP contribution in [0.15, 0.2) is 104 Å². The zero-order chi connectivity index (χ0) is 26.5. The van der Waals surface area contributed by atoms with E-state index in [1.165, 1.54) is 38.9 Å². The van der Waals surface area contributed by atoms with Crippen molar-refractivity contribution in [3.63, 3.8) is 0 Å². The van der Waals surface area contributed by atoms with E-state index in [0.29, 0.717) is 0 Å². The van der Waals surface area contributed by atoms with Gasteiger partial charge in [-0.15, -0.1) is 9.24 Å². The molecule has 3 aromatic carbocycles. The Morgan fingerprint density at radius 3 is 1.66 bits per heavy atom. The van der Waals surface area contributed by atoms with Gasteiger partial charge in [0.15, 0.2) is 11.1 Å². The first-order valence-corrected chi connectivity index (χ1v) is 15.1. The maximum Gasteiger partial charge on any atom is 0.158 e. The Labute approximate surface area is 229 Å². The Bertz CT molecular complexity index is 1450. The van der Waals surface area contributed by atoms with Crippen LogP contribution in [0.25, 0.3) is 22.3 Å². The van der Waals surface area contributed by atoms with Crippen molar-refractivity contribution < 1.29 is 0 Å². The summed E-state index contributed by atoms with van der Waals surface area (Å²) in [4.78, 5) is 18.7. The van der Waals surface area contributed by atoms with Crippen LogP contribution in [0.2, 0.25) is 0 Å². The van der Waals surface area contributed by atoms with Crippen LogP contribution >= 0.6 is 17.2 Å². The van der Waals surface area contributed by atoms with Crippen LogP contribution in [0.3, 0.4) is 0 Å². The van der Waals surface area contributed by atoms with Gasteiger partial charge < -0.3 is 0 Å². The van der Waals surface area contributed by atoms with Crippen LogP contribution in [-0.4, -0.2) is 19.9 Å². The van der Waals surface area contributed by atoms with Crippen LogP contribution in [0.5, 0.6) is 0 Å². The van der Waals surface area contributed by atoms with Gasteiger partial charge in [0.2, 0.25) is 0 Å². The molecule has 1 atom stereocenters. The molecule has 0 aliphatic rings. The largest absolute Gasteiger partial charge is 0.237 e. The lowest BCUT2D eigenvalue weighted by atomic mass is 9.75. The molecular formula is C32H32N4P2. The monoisotopic (exact) mass is 534 g/mol. The third-order valence-corrected chi connectivity index (χ3v) is 9.05. The van der Waals surface area contributed by atoms with Crippen molar-refractivity contribution >= 4 is 28.3 Å². The molecule has 6 heteroatoms. The highest BCUT2D eigenvalue weighted by Crippen LogP contribution is 2.48. The highest BCUT2D eigenvalue weighted by molar-refractivity contribution is 7.71. The third kappa shape index (κ3) is 5.58. The average Bonchev–Trinajstić information content (AvgIpc) is 2.96. The van der Waals surface area contributed by atoms with Gasteiger partial charge in [0.1, 0.15) is 0 Å². The lowest BCUT2D eigenvalue weighted by molar-refractivity contribution is 0.586. The fourth-order valence-electron chi connectivity index (χ4n) is 4.97. The van der Waals surface area contributed by atoms with E-state index in [1.54, 1.807) is 0 Å². The van der Waals surface area contributed by atoms with Gasteiger partial charge in [0, 0.05) is 38.9 Å². The van der Waals surface area contributed by atoms with Gasteiger partial charge in [-0.05, 0) is 68.7 Å². The van der Waals surface area contributed by atoms with Crippen molar-refractivity contribution in [2.75, 3.05) is 0 Å². The summed E-state index contributed by atoms with van der Waals surface area (Å²) in [6.07, 6.45) is 8.88. The summed E-state index contributed by atoms with van der Waals surface area (Å²) in [5.74, 6) is 0. The van der Waals surface area contributed by atoms with E-state index in [4.69, 9.17) is 0 Å². The topological polar surface area (TPSA) is 51.6 Å². The summed E-state index contributed by atoms with van der Waals surface area (Å²) < 4.78 is 0. The van der Waals surface area contributed by atoms with Crippen molar-refractivity contribution in [1.29, 1.82) is 0 Å². The van der Waals surface area contributed by atoms with Crippen molar-refractivity contribution in [2.24, 2.45) is 0 Å². The molecule has 0 aliphatic heterocycles. The van der Waals surface area contributed by atoms with Crippen LogP contribution in [0, 0.1) is 0 Å². The summed E-state index contributed by atoms with van der Waals surface area (Å²) in [6.45, 7) is 6.96. The molecule has 0 bridgehead atoms. The van der Waals surface area contributed by atoms with E-state index in [-0.39, 0.29) is 5.41 Å². The number of aromatic nitrogens is 4. The summed E-state index contributed by atoms with van der Waals surface area (Å²) in [7, 11) is 1.95. The highest BCUT2D eigenvalue weighted by Gasteiger charge is 2.31. The SMILES string of the molecule is CC(C)(C)c1c(CP(c2ncccn2)c2ncccn2)c(CP)cc(-c2ccccc2)c1-c1ccccc1. The first-order valence-electron chi connectivity index (χ1n) is 12.8. The van der Waals surface area contributed by atoms with Gasteiger partial charge >= 0.3 is 0 Å². The van der Waals surface area contributed by atoms with Gasteiger partial charge in [-0.1, -0.05) is 81.4 Å². The van der Waals surface area contributed by atoms with E-state index in [9.17, 15) is 0 Å². The molecule has 190 valence electrons. The molecule has 5 rings (SSSR count). The van der Waals surface area contributed by atoms with Crippen LogP contribution in [-0.2, 0) is 17.7 Å². The molecular weight excluding hydrogens is 502 g/mol. The fraction of sp³-hybridized carbons (Fsp3) is 0.188. The Morgan fingerprint density at radius 1 is 0.684 bits per heavy atom. The molecule has 0 saturated carbocycles. The second kappa shape index (κ2) is 11.6. The van der Waals surface area contributed by atoms with E-state index >= 15 is 0 Å². The quantitative estimate of drug-likeness (QED) is 0.213. The molecule has 5 aromatic rings. The highest BCUT2D eigenvalue weighted by atomic mass is 31.1. The molecule has 0 aliphatic carbocycles. The Kier molecular flexibility index (Phi) is 8.03. The molecule has 0 amide bonds. The number of benzene rings is 3. The van der Waals surface area contributed by atoms with Gasteiger partial charge in [0.05, 0.1) is 0 Å². The maximum atomic E-state index is 4.68. The van der Waals surface area contributed by atoms with Crippen molar-refractivity contribution in [3.05, 3.63) is 120 Å². The minimum Gasteiger partial charge on any atom is -0.237 e. The Balaban J connectivity index is 1.82. The lowest BCUT2D eigenvalue weighted by Gasteiger charge is -2.32. The first-order chi connectivity index (χ1) is 18.5. The van der Waals surface area contributed by atoms with E-state index in [1.807, 2.05) is 36.9 Å². The molecule has 2 aromatic heterocycles. The minimum absolute atomic E-state index is 0.115. The molecule has 0 fully saturated rings. The predicted octanol–water partition coefficient (Wildman–Crippen LogP) is 6.91. The van der Waals surface area contributed by atoms with Crippen molar-refractivity contribution in [3.8, 4) is 22.3 Å². The standard InChI is InChI=1S/C32H32N4P2/c1-32(2,3)29-27(22-38(30-33-16-10-17-34-30)31-35-18-11-19-36-31)25(21-37)20-26(23-12-6-4-7-13-23)28(29)24-14-8-5-9-15-24/h4-20H,21-22,37H2,1-3H3. The van der Waals surface area contributed by atoms with Crippen LogP contribution in [0.4, 0.5) is 0 Å². The number of rotatable bonds is 7. The molecule has 0 N–H and O–H groups in total. The second-order valence-corrected chi connectivity index (χ2v) is 12.6. The number of nitrogens with zero attached hydrogens (tertiary/aromatic N) is 4. The van der Waals surface area contributed by atoms with Gasteiger partial charge in [-0.2, -0.15) is 0 Å². The molecule has 0 spiro atoms. The predicted molar refractivity (Wildman–Crippen MR) is 163 cm³/mol. The summed E-state index contributed by atoms with van der Waals surface area (Å²) in [5, 5.41) is 0. The first kappa shape index (κ1) is 26.3. The van der Waals surface area contributed by atoms with Crippen LogP contribution < -0.4 is 11.1 Å². The molecule has 0 saturated heterocycles. The van der Waals surface area contributed by atoms with Gasteiger partial charge in [0.25, 0.3) is 0 Å².